The van der Waals surface area contributed by atoms with Crippen molar-refractivity contribution < 1.29 is 9.90 Å². The Morgan fingerprint density at radius 2 is 2.06 bits per heavy atom. The van der Waals surface area contributed by atoms with Gasteiger partial charge in [-0.2, -0.15) is 5.26 Å². The van der Waals surface area contributed by atoms with Crippen molar-refractivity contribution in [3.8, 4) is 11.8 Å². The molecule has 0 saturated heterocycles. The normalized spacial score (nSPS) is 11.2. The standard InChI is InChI=1S/C14H10N2O2/c15-8-11(14(16)18)6-9-5-10-3-1-2-4-12(10)13(17)7-9/h1-7,17H,(H2,16,18)/b11-6+. The lowest BCUT2D eigenvalue weighted by Crippen LogP contribution is -2.12. The SMILES string of the molecule is N#C/C(=C\c1cc(O)c2ccccc2c1)C(N)=O. The van der Waals surface area contributed by atoms with Gasteiger partial charge in [0.05, 0.1) is 0 Å². The molecule has 0 heterocycles. The minimum absolute atomic E-state index is 0.0983. The van der Waals surface area contributed by atoms with E-state index in [2.05, 4.69) is 0 Å². The summed E-state index contributed by atoms with van der Waals surface area (Å²) in [7, 11) is 0. The van der Waals surface area contributed by atoms with Crippen LogP contribution in [0.4, 0.5) is 0 Å². The Hall–Kier alpha value is -2.80. The Morgan fingerprint density at radius 3 is 2.72 bits per heavy atom. The fourth-order valence-electron chi connectivity index (χ4n) is 1.72. The van der Waals surface area contributed by atoms with Crippen molar-refractivity contribution >= 4 is 22.8 Å². The highest BCUT2D eigenvalue weighted by Crippen LogP contribution is 2.27. The summed E-state index contributed by atoms with van der Waals surface area (Å²) in [5.74, 6) is -0.689. The van der Waals surface area contributed by atoms with E-state index < -0.39 is 5.91 Å². The van der Waals surface area contributed by atoms with Crippen molar-refractivity contribution in [3.63, 3.8) is 0 Å². The summed E-state index contributed by atoms with van der Waals surface area (Å²) in [5.41, 5.74) is 5.46. The second-order valence-electron chi connectivity index (χ2n) is 3.80. The number of phenols is 1. The molecule has 18 heavy (non-hydrogen) atoms. The summed E-state index contributed by atoms with van der Waals surface area (Å²) in [4.78, 5) is 11.0. The van der Waals surface area contributed by atoms with E-state index in [0.717, 1.165) is 5.39 Å². The molecule has 0 radical (unpaired) electrons. The molecule has 0 bridgehead atoms. The molecule has 4 nitrogen and oxygen atoms in total. The van der Waals surface area contributed by atoms with Crippen LogP contribution in [0.3, 0.4) is 0 Å². The molecule has 4 heteroatoms. The van der Waals surface area contributed by atoms with Gasteiger partial charge in [0.15, 0.2) is 0 Å². The van der Waals surface area contributed by atoms with Crippen LogP contribution in [0, 0.1) is 11.3 Å². The van der Waals surface area contributed by atoms with E-state index in [9.17, 15) is 9.90 Å². The minimum atomic E-state index is -0.787. The van der Waals surface area contributed by atoms with E-state index in [1.54, 1.807) is 18.2 Å². The van der Waals surface area contributed by atoms with E-state index in [1.165, 1.54) is 12.1 Å². The fourth-order valence-corrected chi connectivity index (χ4v) is 1.72. The maximum Gasteiger partial charge on any atom is 0.259 e. The molecule has 0 saturated carbocycles. The van der Waals surface area contributed by atoms with Crippen LogP contribution in [0.25, 0.3) is 16.8 Å². The van der Waals surface area contributed by atoms with Gasteiger partial charge < -0.3 is 10.8 Å². The van der Waals surface area contributed by atoms with E-state index >= 15 is 0 Å². The van der Waals surface area contributed by atoms with Crippen LogP contribution < -0.4 is 5.73 Å². The molecule has 0 unspecified atom stereocenters. The molecule has 2 aromatic carbocycles. The molecule has 3 N–H and O–H groups in total. The van der Waals surface area contributed by atoms with Crippen LogP contribution >= 0.6 is 0 Å². The number of benzene rings is 2. The average Bonchev–Trinajstić information content (AvgIpc) is 2.35. The third kappa shape index (κ3) is 2.15. The number of nitriles is 1. The van der Waals surface area contributed by atoms with Gasteiger partial charge in [-0.3, -0.25) is 4.79 Å². The molecule has 1 amide bonds. The van der Waals surface area contributed by atoms with E-state index in [0.29, 0.717) is 10.9 Å². The van der Waals surface area contributed by atoms with Gasteiger partial charge >= 0.3 is 0 Å². The highest BCUT2D eigenvalue weighted by atomic mass is 16.3. The molecular formula is C14H10N2O2. The number of primary amides is 1. The van der Waals surface area contributed by atoms with Gasteiger partial charge in [0.1, 0.15) is 17.4 Å². The fraction of sp³-hybridized carbons (Fsp3) is 0. The maximum absolute atomic E-state index is 11.0. The number of fused-ring (bicyclic) bond motifs is 1. The van der Waals surface area contributed by atoms with Gasteiger partial charge in [0.2, 0.25) is 0 Å². The number of aromatic hydroxyl groups is 1. The molecule has 0 fully saturated rings. The summed E-state index contributed by atoms with van der Waals surface area (Å²) >= 11 is 0. The van der Waals surface area contributed by atoms with Crippen molar-refractivity contribution in [2.45, 2.75) is 0 Å². The van der Waals surface area contributed by atoms with Crippen LogP contribution in [0.15, 0.2) is 42.0 Å². The van der Waals surface area contributed by atoms with Crippen LogP contribution in [0.2, 0.25) is 0 Å². The molecule has 0 atom stereocenters. The van der Waals surface area contributed by atoms with Crippen LogP contribution in [0.1, 0.15) is 5.56 Å². The zero-order valence-corrected chi connectivity index (χ0v) is 9.42. The lowest BCUT2D eigenvalue weighted by atomic mass is 10.0. The summed E-state index contributed by atoms with van der Waals surface area (Å²) < 4.78 is 0. The maximum atomic E-state index is 11.0. The number of amides is 1. The van der Waals surface area contributed by atoms with Gasteiger partial charge in [-0.15, -0.1) is 0 Å². The first-order valence-corrected chi connectivity index (χ1v) is 5.25. The van der Waals surface area contributed by atoms with E-state index in [4.69, 9.17) is 11.0 Å². The Bertz CT molecular complexity index is 696. The van der Waals surface area contributed by atoms with Crippen molar-refractivity contribution in [3.05, 3.63) is 47.5 Å². The van der Waals surface area contributed by atoms with Gasteiger partial charge in [0, 0.05) is 5.39 Å². The summed E-state index contributed by atoms with van der Waals surface area (Å²) in [6, 6.07) is 12.3. The molecule has 2 aromatic rings. The van der Waals surface area contributed by atoms with Crippen LogP contribution in [0.5, 0.6) is 5.75 Å². The molecule has 0 aliphatic rings. The number of hydrogen-bond acceptors (Lipinski definition) is 3. The predicted octanol–water partition coefficient (Wildman–Crippen LogP) is 1.94. The van der Waals surface area contributed by atoms with Crippen molar-refractivity contribution in [1.29, 1.82) is 5.26 Å². The van der Waals surface area contributed by atoms with Crippen molar-refractivity contribution in [2.24, 2.45) is 5.73 Å². The predicted molar refractivity (Wildman–Crippen MR) is 68.4 cm³/mol. The highest BCUT2D eigenvalue weighted by molar-refractivity contribution is 6.01. The Kier molecular flexibility index (Phi) is 2.98. The molecule has 88 valence electrons. The third-order valence-corrected chi connectivity index (χ3v) is 2.56. The third-order valence-electron chi connectivity index (χ3n) is 2.56. The molecule has 0 spiro atoms. The van der Waals surface area contributed by atoms with Gasteiger partial charge in [0.25, 0.3) is 5.91 Å². The smallest absolute Gasteiger partial charge is 0.259 e. The van der Waals surface area contributed by atoms with Crippen molar-refractivity contribution in [2.75, 3.05) is 0 Å². The lowest BCUT2D eigenvalue weighted by Gasteiger charge is -2.03. The zero-order valence-electron chi connectivity index (χ0n) is 9.42. The van der Waals surface area contributed by atoms with E-state index in [1.807, 2.05) is 18.2 Å². The first-order valence-electron chi connectivity index (χ1n) is 5.25. The number of hydrogen-bond donors (Lipinski definition) is 2. The number of nitrogens with zero attached hydrogens (tertiary/aromatic N) is 1. The van der Waals surface area contributed by atoms with Crippen molar-refractivity contribution in [1.82, 2.24) is 0 Å². The molecule has 0 aromatic heterocycles. The first-order chi connectivity index (χ1) is 8.61. The number of carbonyl (C=O) groups excluding carboxylic acids is 1. The van der Waals surface area contributed by atoms with Gasteiger partial charge in [-0.1, -0.05) is 24.3 Å². The summed E-state index contributed by atoms with van der Waals surface area (Å²) in [6.45, 7) is 0. The second kappa shape index (κ2) is 4.60. The van der Waals surface area contributed by atoms with E-state index in [-0.39, 0.29) is 11.3 Å². The minimum Gasteiger partial charge on any atom is -0.507 e. The second-order valence-corrected chi connectivity index (χ2v) is 3.80. The monoisotopic (exact) mass is 238 g/mol. The summed E-state index contributed by atoms with van der Waals surface area (Å²) in [5, 5.41) is 20.1. The Morgan fingerprint density at radius 1 is 1.33 bits per heavy atom. The lowest BCUT2D eigenvalue weighted by molar-refractivity contribution is -0.114. The Balaban J connectivity index is 2.61. The topological polar surface area (TPSA) is 87.1 Å². The quantitative estimate of drug-likeness (QED) is 0.619. The molecule has 2 rings (SSSR count). The summed E-state index contributed by atoms with van der Waals surface area (Å²) in [6.07, 6.45) is 1.36. The average molecular weight is 238 g/mol. The molecular weight excluding hydrogens is 228 g/mol. The zero-order chi connectivity index (χ0) is 13.1. The number of phenolic OH excluding ortho intramolecular Hbond substituents is 1. The van der Waals surface area contributed by atoms with Crippen LogP contribution in [-0.4, -0.2) is 11.0 Å². The molecule has 0 aliphatic heterocycles. The largest absolute Gasteiger partial charge is 0.507 e. The number of nitrogens with two attached hydrogens (primary N) is 1. The highest BCUT2D eigenvalue weighted by Gasteiger charge is 2.05. The van der Waals surface area contributed by atoms with Crippen LogP contribution in [-0.2, 0) is 4.79 Å². The van der Waals surface area contributed by atoms with Gasteiger partial charge in [-0.05, 0) is 29.2 Å². The first kappa shape index (κ1) is 11.7. The number of rotatable bonds is 2. The number of carbonyl (C=O) groups is 1. The molecule has 0 aliphatic carbocycles. The van der Waals surface area contributed by atoms with Gasteiger partial charge in [-0.25, -0.2) is 0 Å². The Labute approximate surface area is 104 Å².